The van der Waals surface area contributed by atoms with Crippen molar-refractivity contribution in [1.29, 1.82) is 0 Å². The average Bonchev–Trinajstić information content (AvgIpc) is 3.26. The van der Waals surface area contributed by atoms with Gasteiger partial charge in [0, 0.05) is 31.8 Å². The number of fused-ring (bicyclic) bond motifs is 1. The van der Waals surface area contributed by atoms with Crippen LogP contribution in [-0.4, -0.2) is 31.3 Å². The molecule has 0 aliphatic rings. The van der Waals surface area contributed by atoms with E-state index in [2.05, 4.69) is 20.7 Å². The maximum absolute atomic E-state index is 12.6. The number of hydrogen-bond acceptors (Lipinski definition) is 6. The van der Waals surface area contributed by atoms with E-state index in [1.807, 2.05) is 0 Å². The highest BCUT2D eigenvalue weighted by Crippen LogP contribution is 2.27. The number of nitrogens with zero attached hydrogens (tertiary/aromatic N) is 4. The molecule has 0 saturated heterocycles. The summed E-state index contributed by atoms with van der Waals surface area (Å²) in [6.45, 7) is 2.97. The first kappa shape index (κ1) is 19.2. The molecule has 0 aliphatic heterocycles. The van der Waals surface area contributed by atoms with Gasteiger partial charge in [-0.2, -0.15) is 5.10 Å². The Labute approximate surface area is 169 Å². The minimum Gasteiger partial charge on any atom is -0.361 e. The fraction of sp³-hybridized carbons (Fsp3) is 0.263. The molecule has 0 aliphatic carbocycles. The molecule has 0 bridgehead atoms. The lowest BCUT2D eigenvalue weighted by Crippen LogP contribution is -2.33. The Morgan fingerprint density at radius 2 is 2.00 bits per heavy atom. The molecule has 4 rings (SSSR count). The van der Waals surface area contributed by atoms with Crippen molar-refractivity contribution < 1.29 is 4.52 Å². The molecular formula is C19H19ClN6O3. The molecule has 1 aromatic carbocycles. The van der Waals surface area contributed by atoms with Crippen molar-refractivity contribution in [1.82, 2.24) is 30.0 Å². The standard InChI is InChI=1S/C19H19ClN6O3/c1-11-9-15(24-29-11)16-14(17(20)25(2)22-16)10-21-7-8-26-19(28)13-6-4-3-5-12(13)18(27)23-26/h3-6,9,21H,7-8,10H2,1-2H3,(H,23,27). The molecule has 2 N–H and O–H groups in total. The van der Waals surface area contributed by atoms with Crippen LogP contribution in [0.2, 0.25) is 5.15 Å². The van der Waals surface area contributed by atoms with Crippen molar-refractivity contribution >= 4 is 22.4 Å². The molecule has 0 spiro atoms. The van der Waals surface area contributed by atoms with Gasteiger partial charge in [-0.15, -0.1) is 0 Å². The Hall–Kier alpha value is -3.17. The first-order chi connectivity index (χ1) is 14.0. The zero-order valence-corrected chi connectivity index (χ0v) is 16.7. The molecule has 9 nitrogen and oxygen atoms in total. The predicted octanol–water partition coefficient (Wildman–Crippen LogP) is 1.83. The van der Waals surface area contributed by atoms with Crippen molar-refractivity contribution in [2.24, 2.45) is 7.05 Å². The number of aryl methyl sites for hydroxylation is 2. The maximum Gasteiger partial charge on any atom is 0.273 e. The fourth-order valence-corrected chi connectivity index (χ4v) is 3.39. The summed E-state index contributed by atoms with van der Waals surface area (Å²) in [5.74, 6) is 0.681. The number of nitrogens with one attached hydrogen (secondary N) is 2. The summed E-state index contributed by atoms with van der Waals surface area (Å²) in [6.07, 6.45) is 0. The molecule has 10 heteroatoms. The number of hydrogen-bond donors (Lipinski definition) is 2. The Morgan fingerprint density at radius 1 is 1.24 bits per heavy atom. The van der Waals surface area contributed by atoms with Crippen LogP contribution in [0.5, 0.6) is 0 Å². The quantitative estimate of drug-likeness (QED) is 0.466. The minimum absolute atomic E-state index is 0.236. The summed E-state index contributed by atoms with van der Waals surface area (Å²) in [6, 6.07) is 8.55. The Morgan fingerprint density at radius 3 is 2.72 bits per heavy atom. The van der Waals surface area contributed by atoms with E-state index in [1.165, 1.54) is 4.68 Å². The van der Waals surface area contributed by atoms with Crippen molar-refractivity contribution in [2.75, 3.05) is 6.54 Å². The summed E-state index contributed by atoms with van der Waals surface area (Å²) in [5, 5.41) is 15.5. The SMILES string of the molecule is Cc1cc(-c2nn(C)c(Cl)c2CNCCn2[nH]c(=O)c3ccccc3c2=O)no1. The van der Waals surface area contributed by atoms with Gasteiger partial charge < -0.3 is 9.84 Å². The normalized spacial score (nSPS) is 11.4. The Balaban J connectivity index is 1.50. The van der Waals surface area contributed by atoms with Gasteiger partial charge in [-0.1, -0.05) is 28.9 Å². The van der Waals surface area contributed by atoms with E-state index in [1.54, 1.807) is 49.0 Å². The molecule has 0 radical (unpaired) electrons. The zero-order chi connectivity index (χ0) is 20.5. The summed E-state index contributed by atoms with van der Waals surface area (Å²) < 4.78 is 8.01. The number of halogens is 1. The molecule has 3 aromatic heterocycles. The van der Waals surface area contributed by atoms with Crippen LogP contribution in [0.15, 0.2) is 44.4 Å². The summed E-state index contributed by atoms with van der Waals surface area (Å²) in [4.78, 5) is 24.7. The lowest BCUT2D eigenvalue weighted by atomic mass is 10.2. The third-order valence-electron chi connectivity index (χ3n) is 4.64. The van der Waals surface area contributed by atoms with E-state index in [4.69, 9.17) is 16.1 Å². The number of aromatic nitrogens is 5. The van der Waals surface area contributed by atoms with E-state index in [0.717, 1.165) is 5.56 Å². The predicted molar refractivity (Wildman–Crippen MR) is 109 cm³/mol. The van der Waals surface area contributed by atoms with E-state index in [0.29, 0.717) is 52.7 Å². The van der Waals surface area contributed by atoms with Crippen LogP contribution < -0.4 is 16.4 Å². The fourth-order valence-electron chi connectivity index (χ4n) is 3.20. The van der Waals surface area contributed by atoms with Gasteiger partial charge in [0.1, 0.15) is 22.3 Å². The largest absolute Gasteiger partial charge is 0.361 e. The molecule has 0 saturated carbocycles. The van der Waals surface area contributed by atoms with Crippen LogP contribution in [0.3, 0.4) is 0 Å². The van der Waals surface area contributed by atoms with Gasteiger partial charge in [-0.05, 0) is 19.1 Å². The topological polar surface area (TPSA) is 111 Å². The lowest BCUT2D eigenvalue weighted by molar-refractivity contribution is 0.399. The van der Waals surface area contributed by atoms with E-state index >= 15 is 0 Å². The highest BCUT2D eigenvalue weighted by atomic mass is 35.5. The summed E-state index contributed by atoms with van der Waals surface area (Å²) in [5.41, 5.74) is 1.50. The van der Waals surface area contributed by atoms with Gasteiger partial charge in [-0.3, -0.25) is 19.4 Å². The lowest BCUT2D eigenvalue weighted by Gasteiger charge is -2.08. The van der Waals surface area contributed by atoms with Gasteiger partial charge in [-0.25, -0.2) is 4.68 Å². The molecule has 29 heavy (non-hydrogen) atoms. The molecule has 0 unspecified atom stereocenters. The molecule has 4 aromatic rings. The van der Waals surface area contributed by atoms with Gasteiger partial charge in [0.05, 0.1) is 17.3 Å². The van der Waals surface area contributed by atoms with Gasteiger partial charge in [0.15, 0.2) is 0 Å². The van der Waals surface area contributed by atoms with Crippen molar-refractivity contribution in [2.45, 2.75) is 20.0 Å². The first-order valence-electron chi connectivity index (χ1n) is 9.03. The monoisotopic (exact) mass is 414 g/mol. The Kier molecular flexibility index (Phi) is 5.08. The van der Waals surface area contributed by atoms with Crippen LogP contribution in [0.1, 0.15) is 11.3 Å². The molecule has 150 valence electrons. The van der Waals surface area contributed by atoms with Gasteiger partial charge in [0.25, 0.3) is 11.1 Å². The van der Waals surface area contributed by atoms with Crippen molar-refractivity contribution in [3.05, 3.63) is 67.5 Å². The zero-order valence-electron chi connectivity index (χ0n) is 15.9. The molecule has 0 atom stereocenters. The van der Waals surface area contributed by atoms with Crippen LogP contribution in [0, 0.1) is 6.92 Å². The molecule has 0 amide bonds. The van der Waals surface area contributed by atoms with E-state index in [-0.39, 0.29) is 11.1 Å². The number of H-pyrrole nitrogens is 1. The smallest absolute Gasteiger partial charge is 0.273 e. The van der Waals surface area contributed by atoms with Crippen LogP contribution in [0.4, 0.5) is 0 Å². The van der Waals surface area contributed by atoms with Crippen LogP contribution >= 0.6 is 11.6 Å². The highest BCUT2D eigenvalue weighted by Gasteiger charge is 2.18. The molecular weight excluding hydrogens is 396 g/mol. The second-order valence-electron chi connectivity index (χ2n) is 6.68. The second-order valence-corrected chi connectivity index (χ2v) is 7.04. The first-order valence-corrected chi connectivity index (χ1v) is 9.41. The molecule has 0 fully saturated rings. The third-order valence-corrected chi connectivity index (χ3v) is 5.11. The second kappa shape index (κ2) is 7.69. The highest BCUT2D eigenvalue weighted by molar-refractivity contribution is 6.30. The van der Waals surface area contributed by atoms with Crippen LogP contribution in [-0.2, 0) is 20.1 Å². The van der Waals surface area contributed by atoms with E-state index < -0.39 is 0 Å². The van der Waals surface area contributed by atoms with Crippen molar-refractivity contribution in [3.8, 4) is 11.4 Å². The van der Waals surface area contributed by atoms with E-state index in [9.17, 15) is 9.59 Å². The average molecular weight is 415 g/mol. The number of aromatic amines is 1. The van der Waals surface area contributed by atoms with Gasteiger partial charge in [0.2, 0.25) is 0 Å². The third kappa shape index (κ3) is 3.62. The minimum atomic E-state index is -0.292. The summed E-state index contributed by atoms with van der Waals surface area (Å²) >= 11 is 6.38. The maximum atomic E-state index is 12.6. The number of benzene rings is 1. The number of rotatable bonds is 6. The summed E-state index contributed by atoms with van der Waals surface area (Å²) in [7, 11) is 1.75. The van der Waals surface area contributed by atoms with Crippen molar-refractivity contribution in [3.63, 3.8) is 0 Å². The van der Waals surface area contributed by atoms with Crippen LogP contribution in [0.25, 0.3) is 22.2 Å². The Bertz CT molecular complexity index is 1300. The van der Waals surface area contributed by atoms with Gasteiger partial charge >= 0.3 is 0 Å². The molecule has 3 heterocycles.